The molecule has 0 aliphatic carbocycles. The molecule has 0 radical (unpaired) electrons. The maximum absolute atomic E-state index is 5.78. The fraction of sp³-hybridized carbons (Fsp3) is 0.417. The minimum Gasteiger partial charge on any atom is -0.384 e. The van der Waals surface area contributed by atoms with E-state index in [9.17, 15) is 0 Å². The molecule has 0 atom stereocenters. The highest BCUT2D eigenvalue weighted by Gasteiger charge is 2.06. The van der Waals surface area contributed by atoms with E-state index in [1.54, 1.807) is 11.3 Å². The van der Waals surface area contributed by atoms with E-state index >= 15 is 0 Å². The van der Waals surface area contributed by atoms with E-state index in [4.69, 9.17) is 5.73 Å². The topological polar surface area (TPSA) is 64.7 Å². The summed E-state index contributed by atoms with van der Waals surface area (Å²) < 4.78 is 0. The molecule has 0 fully saturated rings. The zero-order valence-corrected chi connectivity index (χ0v) is 10.9. The van der Waals surface area contributed by atoms with E-state index in [1.807, 2.05) is 18.4 Å². The summed E-state index contributed by atoms with van der Waals surface area (Å²) in [5.41, 5.74) is 7.81. The summed E-state index contributed by atoms with van der Waals surface area (Å²) in [4.78, 5) is 13.2. The largest absolute Gasteiger partial charge is 0.384 e. The minimum atomic E-state index is 0.547. The van der Waals surface area contributed by atoms with Gasteiger partial charge in [-0.25, -0.2) is 15.0 Å². The second-order valence-corrected chi connectivity index (χ2v) is 5.05. The van der Waals surface area contributed by atoms with Gasteiger partial charge in [0, 0.05) is 17.1 Å². The molecule has 0 aromatic carbocycles. The first-order valence-corrected chi connectivity index (χ1v) is 6.58. The van der Waals surface area contributed by atoms with Crippen LogP contribution >= 0.6 is 11.3 Å². The SMILES string of the molecule is CCCc1cc(N)nc(Cc2csc(C)n2)n1. The Morgan fingerprint density at radius 3 is 2.71 bits per heavy atom. The van der Waals surface area contributed by atoms with Crippen molar-refractivity contribution in [2.75, 3.05) is 5.73 Å². The van der Waals surface area contributed by atoms with Crippen molar-refractivity contribution in [2.24, 2.45) is 0 Å². The van der Waals surface area contributed by atoms with Crippen LogP contribution in [-0.2, 0) is 12.8 Å². The van der Waals surface area contributed by atoms with Crippen LogP contribution in [0.2, 0.25) is 0 Å². The molecule has 90 valence electrons. The van der Waals surface area contributed by atoms with Crippen molar-refractivity contribution in [3.05, 3.63) is 33.7 Å². The van der Waals surface area contributed by atoms with Crippen molar-refractivity contribution < 1.29 is 0 Å². The Bertz CT molecular complexity index is 507. The lowest BCUT2D eigenvalue weighted by atomic mass is 10.2. The second-order valence-electron chi connectivity index (χ2n) is 3.99. The molecule has 0 spiro atoms. The number of anilines is 1. The summed E-state index contributed by atoms with van der Waals surface area (Å²) in [5, 5.41) is 3.11. The van der Waals surface area contributed by atoms with Crippen LogP contribution < -0.4 is 5.73 Å². The Hall–Kier alpha value is -1.49. The van der Waals surface area contributed by atoms with Crippen LogP contribution in [0.25, 0.3) is 0 Å². The third-order valence-electron chi connectivity index (χ3n) is 2.36. The van der Waals surface area contributed by atoms with Crippen molar-refractivity contribution in [1.29, 1.82) is 0 Å². The predicted molar refractivity (Wildman–Crippen MR) is 70.1 cm³/mol. The quantitative estimate of drug-likeness (QED) is 0.902. The van der Waals surface area contributed by atoms with Crippen molar-refractivity contribution in [3.8, 4) is 0 Å². The van der Waals surface area contributed by atoms with Crippen LogP contribution in [0.3, 0.4) is 0 Å². The summed E-state index contributed by atoms with van der Waals surface area (Å²) in [6, 6.07) is 1.85. The van der Waals surface area contributed by atoms with Gasteiger partial charge >= 0.3 is 0 Å². The predicted octanol–water partition coefficient (Wildman–Crippen LogP) is 2.37. The van der Waals surface area contributed by atoms with Crippen molar-refractivity contribution in [3.63, 3.8) is 0 Å². The van der Waals surface area contributed by atoms with Crippen LogP contribution in [0.1, 0.15) is 35.6 Å². The standard InChI is InChI=1S/C12H16N4S/c1-3-4-9-5-11(13)16-12(15-9)6-10-7-17-8(2)14-10/h5,7H,3-4,6H2,1-2H3,(H2,13,15,16). The molecule has 2 heterocycles. The molecule has 2 aromatic rings. The summed E-state index contributed by atoms with van der Waals surface area (Å²) in [7, 11) is 0. The van der Waals surface area contributed by atoms with Gasteiger partial charge in [-0.2, -0.15) is 0 Å². The highest BCUT2D eigenvalue weighted by Crippen LogP contribution is 2.13. The van der Waals surface area contributed by atoms with Gasteiger partial charge in [-0.05, 0) is 13.3 Å². The number of rotatable bonds is 4. The van der Waals surface area contributed by atoms with Gasteiger partial charge in [-0.1, -0.05) is 13.3 Å². The highest BCUT2D eigenvalue weighted by molar-refractivity contribution is 7.09. The number of hydrogen-bond acceptors (Lipinski definition) is 5. The van der Waals surface area contributed by atoms with Gasteiger partial charge in [0.2, 0.25) is 0 Å². The molecule has 4 nitrogen and oxygen atoms in total. The molecule has 2 aromatic heterocycles. The Balaban J connectivity index is 2.20. The van der Waals surface area contributed by atoms with Crippen LogP contribution in [0.5, 0.6) is 0 Å². The smallest absolute Gasteiger partial charge is 0.136 e. The van der Waals surface area contributed by atoms with Crippen molar-refractivity contribution in [2.45, 2.75) is 33.1 Å². The number of hydrogen-bond donors (Lipinski definition) is 1. The lowest BCUT2D eigenvalue weighted by Crippen LogP contribution is -2.04. The zero-order chi connectivity index (χ0) is 12.3. The van der Waals surface area contributed by atoms with Gasteiger partial charge in [0.15, 0.2) is 0 Å². The molecular weight excluding hydrogens is 232 g/mol. The monoisotopic (exact) mass is 248 g/mol. The molecule has 0 saturated heterocycles. The Labute approximate surface area is 105 Å². The number of aryl methyl sites for hydroxylation is 2. The second kappa shape index (κ2) is 5.23. The molecule has 0 unspecified atom stereocenters. The van der Waals surface area contributed by atoms with E-state index < -0.39 is 0 Å². The molecule has 0 amide bonds. The maximum atomic E-state index is 5.78. The number of thiazole rings is 1. The summed E-state index contributed by atoms with van der Waals surface area (Å²) in [5.74, 6) is 1.31. The van der Waals surface area contributed by atoms with Crippen molar-refractivity contribution in [1.82, 2.24) is 15.0 Å². The maximum Gasteiger partial charge on any atom is 0.136 e. The molecule has 0 aliphatic heterocycles. The van der Waals surface area contributed by atoms with Gasteiger partial charge < -0.3 is 5.73 Å². The fourth-order valence-corrected chi connectivity index (χ4v) is 2.30. The number of nitrogens with zero attached hydrogens (tertiary/aromatic N) is 3. The average molecular weight is 248 g/mol. The first kappa shape index (κ1) is 12.0. The third kappa shape index (κ3) is 3.23. The first-order chi connectivity index (χ1) is 8.17. The van der Waals surface area contributed by atoms with Gasteiger partial charge in [0.1, 0.15) is 11.6 Å². The number of aromatic nitrogens is 3. The van der Waals surface area contributed by atoms with E-state index in [2.05, 4.69) is 21.9 Å². The molecular formula is C12H16N4S. The highest BCUT2D eigenvalue weighted by atomic mass is 32.1. The molecule has 17 heavy (non-hydrogen) atoms. The fourth-order valence-electron chi connectivity index (χ4n) is 1.69. The van der Waals surface area contributed by atoms with Gasteiger partial charge in [-0.3, -0.25) is 0 Å². The van der Waals surface area contributed by atoms with E-state index in [1.165, 1.54) is 0 Å². The lowest BCUT2D eigenvalue weighted by molar-refractivity contribution is 0.839. The van der Waals surface area contributed by atoms with Crippen LogP contribution in [0.15, 0.2) is 11.4 Å². The van der Waals surface area contributed by atoms with Crippen molar-refractivity contribution >= 4 is 17.2 Å². The van der Waals surface area contributed by atoms with Crippen LogP contribution in [0, 0.1) is 6.92 Å². The van der Waals surface area contributed by atoms with E-state index in [0.29, 0.717) is 12.2 Å². The Morgan fingerprint density at radius 2 is 2.06 bits per heavy atom. The third-order valence-corrected chi connectivity index (χ3v) is 3.18. The summed E-state index contributed by atoms with van der Waals surface area (Å²) in [6.07, 6.45) is 2.66. The van der Waals surface area contributed by atoms with Gasteiger partial charge in [0.05, 0.1) is 17.1 Å². The zero-order valence-electron chi connectivity index (χ0n) is 10.1. The molecule has 2 rings (SSSR count). The summed E-state index contributed by atoms with van der Waals surface area (Å²) >= 11 is 1.64. The van der Waals surface area contributed by atoms with E-state index in [-0.39, 0.29) is 0 Å². The number of nitrogens with two attached hydrogens (primary N) is 1. The molecule has 0 bridgehead atoms. The van der Waals surface area contributed by atoms with Gasteiger partial charge in [0.25, 0.3) is 0 Å². The minimum absolute atomic E-state index is 0.547. The van der Waals surface area contributed by atoms with Crippen LogP contribution in [0.4, 0.5) is 5.82 Å². The first-order valence-electron chi connectivity index (χ1n) is 5.70. The van der Waals surface area contributed by atoms with Crippen LogP contribution in [-0.4, -0.2) is 15.0 Å². The van der Waals surface area contributed by atoms with Gasteiger partial charge in [-0.15, -0.1) is 11.3 Å². The molecule has 5 heteroatoms. The average Bonchev–Trinajstić information content (AvgIpc) is 2.63. The molecule has 0 aliphatic rings. The normalized spacial score (nSPS) is 10.7. The Morgan fingerprint density at radius 1 is 1.24 bits per heavy atom. The van der Waals surface area contributed by atoms with E-state index in [0.717, 1.165) is 35.1 Å². The molecule has 0 saturated carbocycles. The Kier molecular flexibility index (Phi) is 3.68. The molecule has 2 N–H and O–H groups in total. The lowest BCUT2D eigenvalue weighted by Gasteiger charge is -2.03. The number of nitrogen functional groups attached to an aromatic ring is 1. The summed E-state index contributed by atoms with van der Waals surface area (Å²) in [6.45, 7) is 4.12.